The Balaban J connectivity index is 3.09. The molecule has 0 saturated heterocycles. The summed E-state index contributed by atoms with van der Waals surface area (Å²) < 4.78 is 2.71. The zero-order valence-corrected chi connectivity index (χ0v) is 7.98. The minimum absolute atomic E-state index is 0.0775. The van der Waals surface area contributed by atoms with E-state index in [0.29, 0.717) is 0 Å². The van der Waals surface area contributed by atoms with Gasteiger partial charge in [-0.15, -0.1) is 0 Å². The van der Waals surface area contributed by atoms with E-state index in [1.165, 1.54) is 23.7 Å². The van der Waals surface area contributed by atoms with Crippen LogP contribution in [0.1, 0.15) is 20.3 Å². The monoisotopic (exact) mass is 179 g/mol. The third kappa shape index (κ3) is 6.29. The zero-order chi connectivity index (χ0) is 7.82. The number of thioether (sulfide) groups is 1. The molecule has 0 aromatic rings. The molecule has 0 aliphatic carbocycles. The molecule has 2 nitrogen and oxygen atoms in total. The number of nitrogens with one attached hydrogen (secondary N) is 1. The summed E-state index contributed by atoms with van der Waals surface area (Å²) in [5, 5.41) is 0.0775. The van der Waals surface area contributed by atoms with Crippen LogP contribution in [0.25, 0.3) is 0 Å². The van der Waals surface area contributed by atoms with Crippen LogP contribution in [0.15, 0.2) is 0 Å². The lowest BCUT2D eigenvalue weighted by Gasteiger charge is -1.98. The molecule has 0 aromatic carbocycles. The van der Waals surface area contributed by atoms with Crippen LogP contribution < -0.4 is 4.72 Å². The molecule has 0 radical (unpaired) electrons. The maximum Gasteiger partial charge on any atom is 0.288 e. The summed E-state index contributed by atoms with van der Waals surface area (Å²) in [7, 11) is 0. The lowest BCUT2D eigenvalue weighted by molar-refractivity contribution is 0.265. The normalized spacial score (nSPS) is 9.40. The molecule has 0 fully saturated rings. The molecule has 0 aliphatic rings. The number of hydrogen-bond donors (Lipinski definition) is 1. The van der Waals surface area contributed by atoms with Crippen LogP contribution in [-0.4, -0.2) is 16.7 Å². The molecular formula is C6H13NOS2. The summed E-state index contributed by atoms with van der Waals surface area (Å²) in [6, 6.07) is 0. The zero-order valence-electron chi connectivity index (χ0n) is 6.35. The van der Waals surface area contributed by atoms with Gasteiger partial charge in [-0.05, 0) is 6.42 Å². The van der Waals surface area contributed by atoms with E-state index in [0.717, 1.165) is 17.9 Å². The van der Waals surface area contributed by atoms with Crippen molar-refractivity contribution in [1.82, 2.24) is 4.72 Å². The van der Waals surface area contributed by atoms with Crippen LogP contribution in [0.3, 0.4) is 0 Å². The quantitative estimate of drug-likeness (QED) is 0.672. The Morgan fingerprint density at radius 1 is 1.50 bits per heavy atom. The second-order valence-electron chi connectivity index (χ2n) is 1.67. The third-order valence-corrected chi connectivity index (χ3v) is 2.46. The molecule has 60 valence electrons. The second kappa shape index (κ2) is 7.28. The lowest BCUT2D eigenvalue weighted by Crippen LogP contribution is -2.09. The topological polar surface area (TPSA) is 29.1 Å². The van der Waals surface area contributed by atoms with E-state index in [-0.39, 0.29) is 5.24 Å². The van der Waals surface area contributed by atoms with Gasteiger partial charge in [0.2, 0.25) is 0 Å². The number of amides is 1. The smallest absolute Gasteiger partial charge is 0.288 e. The summed E-state index contributed by atoms with van der Waals surface area (Å²) in [5.74, 6) is 1.84. The van der Waals surface area contributed by atoms with E-state index in [9.17, 15) is 4.79 Å². The molecular weight excluding hydrogens is 166 g/mol. The molecule has 0 heterocycles. The summed E-state index contributed by atoms with van der Waals surface area (Å²) in [6.45, 7) is 4.07. The first-order valence-electron chi connectivity index (χ1n) is 3.35. The van der Waals surface area contributed by atoms with Gasteiger partial charge in [-0.2, -0.15) is 0 Å². The highest BCUT2D eigenvalue weighted by molar-refractivity contribution is 8.15. The Bertz CT molecular complexity index is 87.7. The Morgan fingerprint density at radius 3 is 2.70 bits per heavy atom. The molecule has 0 aliphatic heterocycles. The van der Waals surface area contributed by atoms with E-state index < -0.39 is 0 Å². The van der Waals surface area contributed by atoms with E-state index in [1.807, 2.05) is 6.92 Å². The first-order chi connectivity index (χ1) is 4.81. The van der Waals surface area contributed by atoms with E-state index >= 15 is 0 Å². The fraction of sp³-hybridized carbons (Fsp3) is 0.833. The predicted octanol–water partition coefficient (Wildman–Crippen LogP) is 2.51. The summed E-state index contributed by atoms with van der Waals surface area (Å²) >= 11 is 2.79. The molecule has 10 heavy (non-hydrogen) atoms. The average molecular weight is 179 g/mol. The van der Waals surface area contributed by atoms with Crippen LogP contribution in [0, 0.1) is 0 Å². The number of hydrogen-bond acceptors (Lipinski definition) is 3. The number of rotatable bonds is 4. The highest BCUT2D eigenvalue weighted by Gasteiger charge is 1.97. The average Bonchev–Trinajstić information content (AvgIpc) is 1.97. The van der Waals surface area contributed by atoms with Gasteiger partial charge in [0, 0.05) is 11.5 Å². The van der Waals surface area contributed by atoms with Crippen LogP contribution in [-0.2, 0) is 0 Å². The minimum Gasteiger partial charge on any atom is -0.291 e. The fourth-order valence-corrected chi connectivity index (χ4v) is 1.42. The van der Waals surface area contributed by atoms with Gasteiger partial charge in [0.05, 0.1) is 0 Å². The molecule has 0 unspecified atom stereocenters. The van der Waals surface area contributed by atoms with E-state index in [2.05, 4.69) is 11.6 Å². The molecule has 1 amide bonds. The molecule has 0 aromatic heterocycles. The number of carbonyl (C=O) groups excluding carboxylic acids is 1. The molecule has 0 spiro atoms. The van der Waals surface area contributed by atoms with Crippen molar-refractivity contribution in [2.45, 2.75) is 20.3 Å². The van der Waals surface area contributed by atoms with Crippen LogP contribution >= 0.6 is 23.7 Å². The second-order valence-corrected chi connectivity index (χ2v) is 3.81. The van der Waals surface area contributed by atoms with Gasteiger partial charge in [-0.3, -0.25) is 9.52 Å². The van der Waals surface area contributed by atoms with Crippen molar-refractivity contribution in [3.05, 3.63) is 0 Å². The molecule has 0 rings (SSSR count). The molecule has 0 bridgehead atoms. The third-order valence-electron chi connectivity index (χ3n) is 0.737. The molecule has 4 heteroatoms. The minimum atomic E-state index is 0.0775. The summed E-state index contributed by atoms with van der Waals surface area (Å²) in [4.78, 5) is 10.8. The van der Waals surface area contributed by atoms with E-state index in [1.54, 1.807) is 0 Å². The van der Waals surface area contributed by atoms with Gasteiger partial charge < -0.3 is 0 Å². The van der Waals surface area contributed by atoms with Crippen LogP contribution in [0.5, 0.6) is 0 Å². The van der Waals surface area contributed by atoms with Gasteiger partial charge in [-0.25, -0.2) is 0 Å². The van der Waals surface area contributed by atoms with Gasteiger partial charge in [-0.1, -0.05) is 37.6 Å². The van der Waals surface area contributed by atoms with Crippen molar-refractivity contribution < 1.29 is 4.79 Å². The van der Waals surface area contributed by atoms with Gasteiger partial charge in [0.1, 0.15) is 0 Å². The highest BCUT2D eigenvalue weighted by Crippen LogP contribution is 2.05. The molecule has 0 saturated carbocycles. The van der Waals surface area contributed by atoms with Crippen molar-refractivity contribution in [2.75, 3.05) is 11.5 Å². The van der Waals surface area contributed by atoms with Gasteiger partial charge >= 0.3 is 0 Å². The largest absolute Gasteiger partial charge is 0.291 e. The maximum absolute atomic E-state index is 10.8. The highest BCUT2D eigenvalue weighted by atomic mass is 32.2. The maximum atomic E-state index is 10.8. The summed E-state index contributed by atoms with van der Waals surface area (Å²) in [6.07, 6.45) is 1.05. The van der Waals surface area contributed by atoms with Crippen LogP contribution in [0.2, 0.25) is 0 Å². The first kappa shape index (κ1) is 10.2. The standard InChI is InChI=1S/C6H13NOS2/c1-3-5-9-6(8)7-10-4-2/h3-5H2,1-2H3,(H,7,8). The Morgan fingerprint density at radius 2 is 2.20 bits per heavy atom. The lowest BCUT2D eigenvalue weighted by atomic mass is 10.6. The van der Waals surface area contributed by atoms with Crippen molar-refractivity contribution >= 4 is 28.9 Å². The number of carbonyl (C=O) groups is 1. The molecule has 1 N–H and O–H groups in total. The van der Waals surface area contributed by atoms with Crippen molar-refractivity contribution in [3.8, 4) is 0 Å². The van der Waals surface area contributed by atoms with E-state index in [4.69, 9.17) is 0 Å². The Kier molecular flexibility index (Phi) is 7.40. The van der Waals surface area contributed by atoms with Crippen molar-refractivity contribution in [3.63, 3.8) is 0 Å². The SMILES string of the molecule is CCCSC(=O)NSCC. The van der Waals surface area contributed by atoms with Gasteiger partial charge in [0.15, 0.2) is 0 Å². The Hall–Kier alpha value is 0.170. The predicted molar refractivity (Wildman–Crippen MR) is 49.4 cm³/mol. The Labute approximate surface area is 70.7 Å². The van der Waals surface area contributed by atoms with Crippen molar-refractivity contribution in [1.29, 1.82) is 0 Å². The van der Waals surface area contributed by atoms with Crippen molar-refractivity contribution in [2.24, 2.45) is 0 Å². The first-order valence-corrected chi connectivity index (χ1v) is 5.33. The fourth-order valence-electron chi connectivity index (χ4n) is 0.355. The van der Waals surface area contributed by atoms with Gasteiger partial charge in [0.25, 0.3) is 5.24 Å². The summed E-state index contributed by atoms with van der Waals surface area (Å²) in [5.41, 5.74) is 0. The van der Waals surface area contributed by atoms with Crippen LogP contribution in [0.4, 0.5) is 4.79 Å². The molecule has 0 atom stereocenters.